The lowest BCUT2D eigenvalue weighted by Crippen LogP contribution is -2.38. The SMILES string of the molecule is COc1cc(C2C(C(=O)Nc3cccc(C)c3)=C(C)Nc3ncnn32)ccc1OCC(=O)N1CCCCC1. The molecule has 1 fully saturated rings. The zero-order valence-corrected chi connectivity index (χ0v) is 21.9. The summed E-state index contributed by atoms with van der Waals surface area (Å²) in [7, 11) is 1.55. The Morgan fingerprint density at radius 1 is 1.08 bits per heavy atom. The Hall–Kier alpha value is -4.34. The van der Waals surface area contributed by atoms with Gasteiger partial charge < -0.3 is 25.0 Å². The molecule has 1 unspecified atom stereocenters. The number of nitrogens with one attached hydrogen (secondary N) is 2. The average molecular weight is 517 g/mol. The monoisotopic (exact) mass is 516 g/mol. The minimum atomic E-state index is -0.559. The van der Waals surface area contributed by atoms with Crippen molar-refractivity contribution in [1.82, 2.24) is 19.7 Å². The number of hydrogen-bond acceptors (Lipinski definition) is 7. The van der Waals surface area contributed by atoms with Crippen molar-refractivity contribution >= 4 is 23.5 Å². The van der Waals surface area contributed by atoms with Gasteiger partial charge in [0.05, 0.1) is 12.7 Å². The van der Waals surface area contributed by atoms with Crippen LogP contribution in [0.2, 0.25) is 0 Å². The maximum Gasteiger partial charge on any atom is 0.260 e. The highest BCUT2D eigenvalue weighted by Gasteiger charge is 2.34. The molecule has 2 amide bonds. The van der Waals surface area contributed by atoms with Crippen LogP contribution in [0.1, 0.15) is 43.4 Å². The maximum atomic E-state index is 13.6. The quantitative estimate of drug-likeness (QED) is 0.490. The first-order chi connectivity index (χ1) is 18.4. The summed E-state index contributed by atoms with van der Waals surface area (Å²) in [5.41, 5.74) is 3.69. The first-order valence-electron chi connectivity index (χ1n) is 12.8. The Morgan fingerprint density at radius 2 is 1.89 bits per heavy atom. The number of aryl methyl sites for hydroxylation is 1. The first-order valence-corrected chi connectivity index (χ1v) is 12.8. The van der Waals surface area contributed by atoms with Crippen LogP contribution in [0.4, 0.5) is 11.6 Å². The largest absolute Gasteiger partial charge is 0.493 e. The summed E-state index contributed by atoms with van der Waals surface area (Å²) < 4.78 is 13.2. The summed E-state index contributed by atoms with van der Waals surface area (Å²) in [6.45, 7) is 5.31. The fourth-order valence-corrected chi connectivity index (χ4v) is 4.96. The second-order valence-electron chi connectivity index (χ2n) is 9.56. The van der Waals surface area contributed by atoms with Gasteiger partial charge in [0, 0.05) is 24.5 Å². The highest BCUT2D eigenvalue weighted by atomic mass is 16.5. The summed E-state index contributed by atoms with van der Waals surface area (Å²) in [5.74, 6) is 1.17. The number of piperidine rings is 1. The molecule has 1 atom stereocenters. The number of methoxy groups -OCH3 is 1. The summed E-state index contributed by atoms with van der Waals surface area (Å²) in [6, 6.07) is 12.5. The number of aromatic nitrogens is 3. The van der Waals surface area contributed by atoms with Crippen LogP contribution >= 0.6 is 0 Å². The van der Waals surface area contributed by atoms with Gasteiger partial charge in [0.15, 0.2) is 18.1 Å². The molecule has 3 aromatic rings. The third-order valence-corrected chi connectivity index (χ3v) is 6.88. The molecule has 2 aliphatic rings. The van der Waals surface area contributed by atoms with Gasteiger partial charge in [0.1, 0.15) is 12.4 Å². The Labute approximate surface area is 221 Å². The summed E-state index contributed by atoms with van der Waals surface area (Å²) in [4.78, 5) is 32.3. The zero-order valence-electron chi connectivity index (χ0n) is 21.9. The van der Waals surface area contributed by atoms with E-state index in [9.17, 15) is 9.59 Å². The van der Waals surface area contributed by atoms with Crippen LogP contribution in [0.3, 0.4) is 0 Å². The van der Waals surface area contributed by atoms with E-state index in [4.69, 9.17) is 9.47 Å². The summed E-state index contributed by atoms with van der Waals surface area (Å²) >= 11 is 0. The van der Waals surface area contributed by atoms with Gasteiger partial charge in [0.25, 0.3) is 11.8 Å². The molecular formula is C28H32N6O4. The van der Waals surface area contributed by atoms with Crippen molar-refractivity contribution in [2.45, 2.75) is 39.2 Å². The van der Waals surface area contributed by atoms with Crippen molar-refractivity contribution in [2.75, 3.05) is 37.4 Å². The van der Waals surface area contributed by atoms with Gasteiger partial charge in [0.2, 0.25) is 5.95 Å². The van der Waals surface area contributed by atoms with Gasteiger partial charge in [-0.3, -0.25) is 9.59 Å². The van der Waals surface area contributed by atoms with E-state index in [-0.39, 0.29) is 18.4 Å². The summed E-state index contributed by atoms with van der Waals surface area (Å²) in [5, 5.41) is 10.6. The van der Waals surface area contributed by atoms with Gasteiger partial charge >= 0.3 is 0 Å². The van der Waals surface area contributed by atoms with Crippen molar-refractivity contribution in [3.8, 4) is 11.5 Å². The highest BCUT2D eigenvalue weighted by Crippen LogP contribution is 2.39. The van der Waals surface area contributed by atoms with E-state index >= 15 is 0 Å². The van der Waals surface area contributed by atoms with Crippen molar-refractivity contribution in [2.24, 2.45) is 0 Å². The van der Waals surface area contributed by atoms with E-state index in [0.717, 1.165) is 43.5 Å². The molecule has 0 aliphatic carbocycles. The minimum absolute atomic E-state index is 0.0323. The predicted molar refractivity (Wildman–Crippen MR) is 143 cm³/mol. The second kappa shape index (κ2) is 11.0. The van der Waals surface area contributed by atoms with Crippen LogP contribution in [0.25, 0.3) is 0 Å². The molecule has 2 aliphatic heterocycles. The molecule has 10 heteroatoms. The second-order valence-corrected chi connectivity index (χ2v) is 9.56. The van der Waals surface area contributed by atoms with E-state index in [0.29, 0.717) is 34.4 Å². The lowest BCUT2D eigenvalue weighted by atomic mass is 9.94. The normalized spacial score (nSPS) is 16.9. The lowest BCUT2D eigenvalue weighted by Gasteiger charge is -2.29. The third-order valence-electron chi connectivity index (χ3n) is 6.88. The van der Waals surface area contributed by atoms with Crippen molar-refractivity contribution in [1.29, 1.82) is 0 Å². The number of rotatable bonds is 7. The van der Waals surface area contributed by atoms with E-state index < -0.39 is 6.04 Å². The smallest absolute Gasteiger partial charge is 0.260 e. The van der Waals surface area contributed by atoms with Gasteiger partial charge in [-0.05, 0) is 68.5 Å². The fourth-order valence-electron chi connectivity index (χ4n) is 4.96. The predicted octanol–water partition coefficient (Wildman–Crippen LogP) is 3.91. The molecule has 0 radical (unpaired) electrons. The number of hydrogen-bond donors (Lipinski definition) is 2. The van der Waals surface area contributed by atoms with Crippen LogP contribution in [-0.4, -0.2) is 58.3 Å². The molecule has 5 rings (SSSR count). The Balaban J connectivity index is 1.42. The van der Waals surface area contributed by atoms with E-state index in [1.165, 1.54) is 6.33 Å². The number of fused-ring (bicyclic) bond motifs is 1. The Morgan fingerprint density at radius 3 is 2.66 bits per heavy atom. The lowest BCUT2D eigenvalue weighted by molar-refractivity contribution is -0.134. The molecule has 3 heterocycles. The minimum Gasteiger partial charge on any atom is -0.493 e. The standard InChI is InChI=1S/C28H32N6O4/c1-18-8-7-9-21(14-18)32-27(36)25-19(2)31-28-29-17-30-34(28)26(25)20-10-11-22(23(15-20)37-3)38-16-24(35)33-12-5-4-6-13-33/h7-11,14-15,17,26H,4-6,12-13,16H2,1-3H3,(H,32,36)(H,29,30,31). The number of carbonyl (C=O) groups is 2. The van der Waals surface area contributed by atoms with E-state index in [2.05, 4.69) is 20.7 Å². The van der Waals surface area contributed by atoms with Gasteiger partial charge in [-0.1, -0.05) is 18.2 Å². The van der Waals surface area contributed by atoms with Crippen LogP contribution < -0.4 is 20.1 Å². The molecule has 2 aromatic carbocycles. The molecule has 0 bridgehead atoms. The van der Waals surface area contributed by atoms with Crippen molar-refractivity contribution in [3.05, 3.63) is 71.2 Å². The Bertz CT molecular complexity index is 1380. The number of carbonyl (C=O) groups excluding carboxylic acids is 2. The van der Waals surface area contributed by atoms with E-state index in [1.807, 2.05) is 55.1 Å². The number of nitrogens with zero attached hydrogens (tertiary/aromatic N) is 4. The van der Waals surface area contributed by atoms with E-state index in [1.54, 1.807) is 17.9 Å². The molecule has 2 N–H and O–H groups in total. The third kappa shape index (κ3) is 5.20. The maximum absolute atomic E-state index is 13.6. The van der Waals surface area contributed by atoms with Gasteiger partial charge in [-0.15, -0.1) is 0 Å². The highest BCUT2D eigenvalue weighted by molar-refractivity contribution is 6.06. The number of likely N-dealkylation sites (tertiary alicyclic amines) is 1. The van der Waals surface area contributed by atoms with Crippen molar-refractivity contribution < 1.29 is 19.1 Å². The fraction of sp³-hybridized carbons (Fsp3) is 0.357. The Kier molecular flexibility index (Phi) is 7.30. The number of benzene rings is 2. The first kappa shape index (κ1) is 25.3. The number of anilines is 2. The molecule has 198 valence electrons. The number of allylic oxidation sites excluding steroid dienone is 1. The topological polar surface area (TPSA) is 111 Å². The molecule has 1 aromatic heterocycles. The molecule has 0 spiro atoms. The number of amides is 2. The molecule has 1 saturated heterocycles. The van der Waals surface area contributed by atoms with Crippen LogP contribution in [0, 0.1) is 6.92 Å². The molecule has 38 heavy (non-hydrogen) atoms. The van der Waals surface area contributed by atoms with Crippen LogP contribution in [-0.2, 0) is 9.59 Å². The molecule has 0 saturated carbocycles. The molecule has 10 nitrogen and oxygen atoms in total. The molecular weight excluding hydrogens is 484 g/mol. The summed E-state index contributed by atoms with van der Waals surface area (Å²) in [6.07, 6.45) is 4.65. The van der Waals surface area contributed by atoms with Gasteiger partial charge in [-0.25, -0.2) is 4.68 Å². The van der Waals surface area contributed by atoms with Crippen molar-refractivity contribution in [3.63, 3.8) is 0 Å². The average Bonchev–Trinajstić information content (AvgIpc) is 3.39. The zero-order chi connectivity index (χ0) is 26.6. The number of ether oxygens (including phenoxy) is 2. The van der Waals surface area contributed by atoms with Crippen LogP contribution in [0.5, 0.6) is 11.5 Å². The van der Waals surface area contributed by atoms with Crippen LogP contribution in [0.15, 0.2) is 60.1 Å². The van der Waals surface area contributed by atoms with Gasteiger partial charge in [-0.2, -0.15) is 10.1 Å².